The van der Waals surface area contributed by atoms with Crippen LogP contribution in [0.1, 0.15) is 36.0 Å². The predicted molar refractivity (Wildman–Crippen MR) is 62.5 cm³/mol. The topological polar surface area (TPSA) is 63.3 Å². The molecule has 1 aliphatic rings. The van der Waals surface area contributed by atoms with Gasteiger partial charge in [-0.1, -0.05) is 25.1 Å². The molecule has 0 heterocycles. The number of rotatable bonds is 3. The van der Waals surface area contributed by atoms with Gasteiger partial charge in [0.1, 0.15) is 6.04 Å². The Bertz CT molecular complexity index is 414. The van der Waals surface area contributed by atoms with Crippen LogP contribution in [0, 0.1) is 0 Å². The van der Waals surface area contributed by atoms with Gasteiger partial charge in [-0.05, 0) is 41.9 Å². The number of carbonyl (C=O) groups is 1. The second-order valence-electron chi connectivity index (χ2n) is 4.58. The van der Waals surface area contributed by atoms with Crippen molar-refractivity contribution in [3.05, 3.63) is 34.9 Å². The summed E-state index contributed by atoms with van der Waals surface area (Å²) in [6.07, 6.45) is 2.70. The molecule has 1 aromatic rings. The molecule has 86 valence electrons. The molecular weight excluding hydrogens is 202 g/mol. The Labute approximate surface area is 95.3 Å². The first-order chi connectivity index (χ1) is 7.59. The molecule has 0 bridgehead atoms. The zero-order chi connectivity index (χ0) is 11.7. The molecule has 2 unspecified atom stereocenters. The van der Waals surface area contributed by atoms with Crippen LogP contribution in [0.2, 0.25) is 0 Å². The Hall–Kier alpha value is -1.35. The number of benzene rings is 1. The Morgan fingerprint density at radius 2 is 2.38 bits per heavy atom. The summed E-state index contributed by atoms with van der Waals surface area (Å²) in [4.78, 5) is 10.8. The standard InChI is InChI=1S/C13H17NO2/c1-8-5-6-9-3-2-4-10(12(8)9)7-11(14)13(15)16/h2-4,8,11H,5-7,14H2,1H3,(H,15,16). The van der Waals surface area contributed by atoms with Crippen molar-refractivity contribution >= 4 is 5.97 Å². The van der Waals surface area contributed by atoms with Crippen LogP contribution >= 0.6 is 0 Å². The minimum absolute atomic E-state index is 0.433. The van der Waals surface area contributed by atoms with E-state index in [1.165, 1.54) is 11.1 Å². The minimum Gasteiger partial charge on any atom is -0.480 e. The van der Waals surface area contributed by atoms with Gasteiger partial charge in [-0.2, -0.15) is 0 Å². The van der Waals surface area contributed by atoms with Crippen molar-refractivity contribution in [2.45, 2.75) is 38.1 Å². The van der Waals surface area contributed by atoms with Gasteiger partial charge in [0.2, 0.25) is 0 Å². The fourth-order valence-electron chi connectivity index (χ4n) is 2.54. The molecule has 0 fully saturated rings. The molecule has 2 atom stereocenters. The maximum atomic E-state index is 10.8. The Balaban J connectivity index is 2.29. The molecule has 3 nitrogen and oxygen atoms in total. The highest BCUT2D eigenvalue weighted by Crippen LogP contribution is 2.35. The Kier molecular flexibility index (Phi) is 2.97. The van der Waals surface area contributed by atoms with Crippen molar-refractivity contribution in [3.8, 4) is 0 Å². The average molecular weight is 219 g/mol. The molecule has 0 saturated heterocycles. The van der Waals surface area contributed by atoms with E-state index in [0.717, 1.165) is 18.4 Å². The maximum absolute atomic E-state index is 10.8. The van der Waals surface area contributed by atoms with Gasteiger partial charge in [0, 0.05) is 0 Å². The molecule has 0 spiro atoms. The minimum atomic E-state index is -0.928. The van der Waals surface area contributed by atoms with Crippen molar-refractivity contribution in [1.29, 1.82) is 0 Å². The SMILES string of the molecule is CC1CCc2cccc(CC(N)C(=O)O)c21. The third-order valence-corrected chi connectivity index (χ3v) is 3.38. The average Bonchev–Trinajstić information content (AvgIpc) is 2.61. The quantitative estimate of drug-likeness (QED) is 0.813. The second-order valence-corrected chi connectivity index (χ2v) is 4.58. The molecule has 1 aromatic carbocycles. The molecule has 0 amide bonds. The summed E-state index contributed by atoms with van der Waals surface area (Å²) in [6.45, 7) is 2.20. The van der Waals surface area contributed by atoms with Gasteiger partial charge in [-0.3, -0.25) is 4.79 Å². The number of carboxylic acids is 1. The Morgan fingerprint density at radius 3 is 3.06 bits per heavy atom. The van der Waals surface area contributed by atoms with Crippen LogP contribution in [-0.4, -0.2) is 17.1 Å². The largest absolute Gasteiger partial charge is 0.480 e. The van der Waals surface area contributed by atoms with Crippen molar-refractivity contribution in [2.75, 3.05) is 0 Å². The molecule has 1 aliphatic carbocycles. The lowest BCUT2D eigenvalue weighted by Crippen LogP contribution is -2.32. The number of fused-ring (bicyclic) bond motifs is 1. The van der Waals surface area contributed by atoms with Crippen LogP contribution in [0.4, 0.5) is 0 Å². The summed E-state index contributed by atoms with van der Waals surface area (Å²) in [7, 11) is 0. The fraction of sp³-hybridized carbons (Fsp3) is 0.462. The molecular formula is C13H17NO2. The monoisotopic (exact) mass is 219 g/mol. The van der Waals surface area contributed by atoms with Crippen LogP contribution in [0.25, 0.3) is 0 Å². The van der Waals surface area contributed by atoms with Gasteiger partial charge < -0.3 is 10.8 Å². The lowest BCUT2D eigenvalue weighted by atomic mass is 9.93. The van der Waals surface area contributed by atoms with Gasteiger partial charge in [-0.15, -0.1) is 0 Å². The molecule has 0 aliphatic heterocycles. The van der Waals surface area contributed by atoms with E-state index in [9.17, 15) is 4.79 Å². The van der Waals surface area contributed by atoms with Gasteiger partial charge in [0.25, 0.3) is 0 Å². The van der Waals surface area contributed by atoms with Gasteiger partial charge >= 0.3 is 5.97 Å². The number of hydrogen-bond acceptors (Lipinski definition) is 2. The summed E-state index contributed by atoms with van der Waals surface area (Å²) in [5.41, 5.74) is 9.39. The highest BCUT2D eigenvalue weighted by Gasteiger charge is 2.23. The molecule has 3 N–H and O–H groups in total. The van der Waals surface area contributed by atoms with E-state index in [0.29, 0.717) is 12.3 Å². The van der Waals surface area contributed by atoms with Gasteiger partial charge in [0.05, 0.1) is 0 Å². The lowest BCUT2D eigenvalue weighted by molar-refractivity contribution is -0.138. The van der Waals surface area contributed by atoms with E-state index in [1.54, 1.807) is 0 Å². The molecule has 16 heavy (non-hydrogen) atoms. The normalized spacial score (nSPS) is 20.5. The zero-order valence-electron chi connectivity index (χ0n) is 9.44. The third-order valence-electron chi connectivity index (χ3n) is 3.38. The van der Waals surface area contributed by atoms with E-state index < -0.39 is 12.0 Å². The van der Waals surface area contributed by atoms with Crippen molar-refractivity contribution in [3.63, 3.8) is 0 Å². The molecule has 0 aromatic heterocycles. The summed E-state index contributed by atoms with van der Waals surface area (Å²) >= 11 is 0. The molecule has 2 rings (SSSR count). The predicted octanol–water partition coefficient (Wildman–Crippen LogP) is 1.69. The summed E-state index contributed by atoms with van der Waals surface area (Å²) in [5, 5.41) is 8.83. The van der Waals surface area contributed by atoms with E-state index in [-0.39, 0.29) is 0 Å². The number of nitrogens with two attached hydrogens (primary N) is 1. The highest BCUT2D eigenvalue weighted by atomic mass is 16.4. The number of hydrogen-bond donors (Lipinski definition) is 2. The summed E-state index contributed by atoms with van der Waals surface area (Å²) in [5.74, 6) is -0.393. The molecule has 3 heteroatoms. The lowest BCUT2D eigenvalue weighted by Gasteiger charge is -2.14. The van der Waals surface area contributed by atoms with Crippen LogP contribution in [0.15, 0.2) is 18.2 Å². The first-order valence-electron chi connectivity index (χ1n) is 5.68. The van der Waals surface area contributed by atoms with E-state index in [2.05, 4.69) is 13.0 Å². The summed E-state index contributed by atoms with van der Waals surface area (Å²) < 4.78 is 0. The number of aryl methyl sites for hydroxylation is 1. The van der Waals surface area contributed by atoms with Crippen molar-refractivity contribution < 1.29 is 9.90 Å². The number of aliphatic carboxylic acids is 1. The van der Waals surface area contributed by atoms with Gasteiger partial charge in [0.15, 0.2) is 0 Å². The molecule has 0 radical (unpaired) electrons. The van der Waals surface area contributed by atoms with Crippen LogP contribution in [-0.2, 0) is 17.6 Å². The van der Waals surface area contributed by atoms with E-state index in [1.807, 2.05) is 12.1 Å². The second kappa shape index (κ2) is 4.26. The Morgan fingerprint density at radius 1 is 1.62 bits per heavy atom. The van der Waals surface area contributed by atoms with E-state index in [4.69, 9.17) is 10.8 Å². The highest BCUT2D eigenvalue weighted by molar-refractivity contribution is 5.73. The smallest absolute Gasteiger partial charge is 0.320 e. The fourth-order valence-corrected chi connectivity index (χ4v) is 2.54. The zero-order valence-corrected chi connectivity index (χ0v) is 9.44. The number of carboxylic acid groups (broad SMARTS) is 1. The van der Waals surface area contributed by atoms with E-state index >= 15 is 0 Å². The summed E-state index contributed by atoms with van der Waals surface area (Å²) in [6, 6.07) is 5.35. The molecule has 0 saturated carbocycles. The third kappa shape index (κ3) is 1.95. The first-order valence-corrected chi connectivity index (χ1v) is 5.68. The van der Waals surface area contributed by atoms with Crippen molar-refractivity contribution in [1.82, 2.24) is 0 Å². The van der Waals surface area contributed by atoms with Crippen molar-refractivity contribution in [2.24, 2.45) is 5.73 Å². The van der Waals surface area contributed by atoms with Crippen LogP contribution < -0.4 is 5.73 Å². The maximum Gasteiger partial charge on any atom is 0.320 e. The first kappa shape index (κ1) is 11.1. The van der Waals surface area contributed by atoms with Gasteiger partial charge in [-0.25, -0.2) is 0 Å². The van der Waals surface area contributed by atoms with Crippen LogP contribution in [0.3, 0.4) is 0 Å². The van der Waals surface area contributed by atoms with Crippen LogP contribution in [0.5, 0.6) is 0 Å².